The van der Waals surface area contributed by atoms with E-state index in [1.807, 2.05) is 25.1 Å². The Morgan fingerprint density at radius 1 is 1.17 bits per heavy atom. The molecule has 1 amide bonds. The van der Waals surface area contributed by atoms with E-state index in [-0.39, 0.29) is 19.9 Å². The first-order valence-electron chi connectivity index (χ1n) is 8.22. The number of nitrogens with one attached hydrogen (secondary N) is 1. The number of carbonyl (C=O) groups is 1. The quantitative estimate of drug-likeness (QED) is 0.469. The van der Waals surface area contributed by atoms with Gasteiger partial charge in [0.25, 0.3) is 11.6 Å². The van der Waals surface area contributed by atoms with Crippen molar-refractivity contribution in [1.29, 1.82) is 0 Å². The second kappa shape index (κ2) is 7.97. The number of hydrogen-bond donors (Lipinski definition) is 1. The number of thiazole rings is 1. The van der Waals surface area contributed by atoms with Crippen molar-refractivity contribution < 1.29 is 18.1 Å². The summed E-state index contributed by atoms with van der Waals surface area (Å²) in [5.74, 6) is -0.415. The van der Waals surface area contributed by atoms with Crippen molar-refractivity contribution in [2.75, 3.05) is 24.3 Å². The van der Waals surface area contributed by atoms with Gasteiger partial charge in [-0.15, -0.1) is 0 Å². The molecule has 11 heteroatoms. The Morgan fingerprint density at radius 3 is 2.48 bits per heavy atom. The van der Waals surface area contributed by atoms with Gasteiger partial charge in [-0.3, -0.25) is 20.2 Å². The Morgan fingerprint density at radius 2 is 1.86 bits per heavy atom. The molecule has 0 aliphatic heterocycles. The van der Waals surface area contributed by atoms with Gasteiger partial charge in [-0.1, -0.05) is 17.4 Å². The second-order valence-corrected chi connectivity index (χ2v) is 9.34. The van der Waals surface area contributed by atoms with Crippen molar-refractivity contribution in [1.82, 2.24) is 4.98 Å². The first-order valence-corrected chi connectivity index (χ1v) is 10.5. The standard InChI is InChI=1S/C18H16N4O5S2/c1-21(2)14-5-3-4-12(10-14)17(23)20-18-19-11-16(28-18)29(26,27)15-8-6-13(7-9-15)22(24)25/h3-11H,1-2H3,(H,19,20,23). The van der Waals surface area contributed by atoms with Crippen LogP contribution < -0.4 is 10.2 Å². The second-order valence-electron chi connectivity index (χ2n) is 6.14. The molecule has 0 radical (unpaired) electrons. The molecule has 0 aliphatic rings. The first kappa shape index (κ1) is 20.4. The number of nitro groups is 1. The molecule has 0 fully saturated rings. The molecule has 3 rings (SSSR count). The first-order chi connectivity index (χ1) is 13.7. The van der Waals surface area contributed by atoms with Gasteiger partial charge in [-0.05, 0) is 30.3 Å². The number of sulfone groups is 1. The van der Waals surface area contributed by atoms with Gasteiger partial charge in [0, 0.05) is 37.5 Å². The van der Waals surface area contributed by atoms with Crippen LogP contribution in [-0.2, 0) is 9.84 Å². The number of benzene rings is 2. The lowest BCUT2D eigenvalue weighted by Gasteiger charge is -2.13. The summed E-state index contributed by atoms with van der Waals surface area (Å²) in [6, 6.07) is 11.5. The Bertz CT molecular complexity index is 1170. The number of non-ortho nitro benzene ring substituents is 1. The summed E-state index contributed by atoms with van der Waals surface area (Å²) in [5, 5.41) is 13.4. The van der Waals surface area contributed by atoms with Crippen LogP contribution in [-0.4, -0.2) is 38.3 Å². The van der Waals surface area contributed by atoms with Crippen LogP contribution in [0.5, 0.6) is 0 Å². The van der Waals surface area contributed by atoms with Crippen LogP contribution in [0.1, 0.15) is 10.4 Å². The number of nitrogens with zero attached hydrogens (tertiary/aromatic N) is 3. The monoisotopic (exact) mass is 432 g/mol. The molecule has 0 unspecified atom stereocenters. The Balaban J connectivity index is 1.80. The van der Waals surface area contributed by atoms with E-state index >= 15 is 0 Å². The van der Waals surface area contributed by atoms with Gasteiger partial charge >= 0.3 is 0 Å². The fourth-order valence-corrected chi connectivity index (χ4v) is 4.83. The van der Waals surface area contributed by atoms with Crippen LogP contribution in [0.4, 0.5) is 16.5 Å². The van der Waals surface area contributed by atoms with Crippen LogP contribution in [0.25, 0.3) is 0 Å². The van der Waals surface area contributed by atoms with Gasteiger partial charge in [0.1, 0.15) is 4.21 Å². The van der Waals surface area contributed by atoms with Crippen LogP contribution in [0.3, 0.4) is 0 Å². The SMILES string of the molecule is CN(C)c1cccc(C(=O)Nc2ncc(S(=O)(=O)c3ccc([N+](=O)[O-])cc3)s2)c1. The molecular weight excluding hydrogens is 416 g/mol. The zero-order valence-electron chi connectivity index (χ0n) is 15.4. The zero-order chi connectivity index (χ0) is 21.2. The van der Waals surface area contributed by atoms with Gasteiger partial charge in [0.15, 0.2) is 5.13 Å². The average Bonchev–Trinajstić information content (AvgIpc) is 3.17. The summed E-state index contributed by atoms with van der Waals surface area (Å²) >= 11 is 0.803. The molecule has 3 aromatic rings. The molecule has 9 nitrogen and oxygen atoms in total. The minimum atomic E-state index is -3.90. The summed E-state index contributed by atoms with van der Waals surface area (Å²) in [5.41, 5.74) is 1.05. The van der Waals surface area contributed by atoms with E-state index in [2.05, 4.69) is 10.3 Å². The predicted molar refractivity (Wildman–Crippen MR) is 109 cm³/mol. The predicted octanol–water partition coefficient (Wildman–Crippen LogP) is 3.20. The van der Waals surface area contributed by atoms with Crippen LogP contribution in [0.2, 0.25) is 0 Å². The summed E-state index contributed by atoms with van der Waals surface area (Å²) in [6.45, 7) is 0. The third-order valence-corrected chi connectivity index (χ3v) is 7.10. The number of aromatic nitrogens is 1. The van der Waals surface area contributed by atoms with E-state index in [9.17, 15) is 23.3 Å². The minimum Gasteiger partial charge on any atom is -0.378 e. The Kier molecular flexibility index (Phi) is 5.62. The smallest absolute Gasteiger partial charge is 0.269 e. The van der Waals surface area contributed by atoms with Gasteiger partial charge in [-0.2, -0.15) is 0 Å². The van der Waals surface area contributed by atoms with E-state index in [0.29, 0.717) is 5.56 Å². The summed E-state index contributed by atoms with van der Waals surface area (Å²) in [6.07, 6.45) is 1.15. The van der Waals surface area contributed by atoms with Gasteiger partial charge in [0.2, 0.25) is 9.84 Å². The highest BCUT2D eigenvalue weighted by Gasteiger charge is 2.22. The Hall–Kier alpha value is -3.31. The lowest BCUT2D eigenvalue weighted by atomic mass is 10.2. The number of anilines is 2. The molecule has 0 atom stereocenters. The van der Waals surface area contributed by atoms with Crippen molar-refractivity contribution in [3.63, 3.8) is 0 Å². The normalized spacial score (nSPS) is 11.1. The van der Waals surface area contributed by atoms with Crippen LogP contribution in [0, 0.1) is 10.1 Å². The van der Waals surface area contributed by atoms with Crippen LogP contribution >= 0.6 is 11.3 Å². The van der Waals surface area contributed by atoms with E-state index in [4.69, 9.17) is 0 Å². The van der Waals surface area contributed by atoms with E-state index in [1.54, 1.807) is 18.2 Å². The average molecular weight is 432 g/mol. The Labute approximate surface area is 170 Å². The van der Waals surface area contributed by atoms with Crippen molar-refractivity contribution in [3.05, 3.63) is 70.4 Å². The largest absolute Gasteiger partial charge is 0.378 e. The summed E-state index contributed by atoms with van der Waals surface area (Å²) in [4.78, 5) is 28.3. The summed E-state index contributed by atoms with van der Waals surface area (Å²) < 4.78 is 25.3. The molecule has 0 saturated heterocycles. The number of nitro benzene ring substituents is 1. The zero-order valence-corrected chi connectivity index (χ0v) is 17.0. The molecule has 0 aliphatic carbocycles. The van der Waals surface area contributed by atoms with Crippen molar-refractivity contribution >= 4 is 43.6 Å². The van der Waals surface area contributed by atoms with E-state index < -0.39 is 20.7 Å². The van der Waals surface area contributed by atoms with Gasteiger partial charge in [-0.25, -0.2) is 13.4 Å². The van der Waals surface area contributed by atoms with Gasteiger partial charge < -0.3 is 4.90 Å². The maximum absolute atomic E-state index is 12.7. The highest BCUT2D eigenvalue weighted by molar-refractivity contribution is 7.93. The maximum Gasteiger partial charge on any atom is 0.269 e. The molecule has 0 saturated carbocycles. The highest BCUT2D eigenvalue weighted by atomic mass is 32.2. The molecule has 1 N–H and O–H groups in total. The van der Waals surface area contributed by atoms with Crippen LogP contribution in [0.15, 0.2) is 63.8 Å². The summed E-state index contributed by atoms with van der Waals surface area (Å²) in [7, 11) is -0.195. The third kappa shape index (κ3) is 4.41. The minimum absolute atomic E-state index is 0.0799. The van der Waals surface area contributed by atoms with E-state index in [1.165, 1.54) is 0 Å². The van der Waals surface area contributed by atoms with Gasteiger partial charge in [0.05, 0.1) is 16.0 Å². The molecule has 1 heterocycles. The fraction of sp³-hybridized carbons (Fsp3) is 0.111. The molecular formula is C18H16N4O5S2. The lowest BCUT2D eigenvalue weighted by molar-refractivity contribution is -0.384. The van der Waals surface area contributed by atoms with Crippen molar-refractivity contribution in [2.24, 2.45) is 0 Å². The highest BCUT2D eigenvalue weighted by Crippen LogP contribution is 2.29. The molecule has 0 bridgehead atoms. The van der Waals surface area contributed by atoms with Crippen molar-refractivity contribution in [3.8, 4) is 0 Å². The van der Waals surface area contributed by atoms with Crippen molar-refractivity contribution in [2.45, 2.75) is 9.10 Å². The topological polar surface area (TPSA) is 123 Å². The van der Waals surface area contributed by atoms with E-state index in [0.717, 1.165) is 47.5 Å². The molecule has 29 heavy (non-hydrogen) atoms. The molecule has 0 spiro atoms. The number of rotatable bonds is 6. The maximum atomic E-state index is 12.7. The number of carbonyl (C=O) groups excluding carboxylic acids is 1. The molecule has 1 aromatic heterocycles. The molecule has 150 valence electrons. The fourth-order valence-electron chi connectivity index (χ4n) is 2.40. The number of hydrogen-bond acceptors (Lipinski definition) is 8. The third-order valence-electron chi connectivity index (χ3n) is 3.95. The molecule has 2 aromatic carbocycles. The lowest BCUT2D eigenvalue weighted by Crippen LogP contribution is -2.14. The number of amides is 1.